The van der Waals surface area contributed by atoms with E-state index in [4.69, 9.17) is 18.9 Å². The first-order valence-electron chi connectivity index (χ1n) is 11.5. The maximum atomic E-state index is 13.3. The van der Waals surface area contributed by atoms with Crippen molar-refractivity contribution in [1.29, 1.82) is 0 Å². The molecule has 4 atom stereocenters. The number of nitrogens with zero attached hydrogens (tertiary/aromatic N) is 1. The van der Waals surface area contributed by atoms with Gasteiger partial charge in [-0.15, -0.1) is 6.58 Å². The zero-order chi connectivity index (χ0) is 26.3. The Hall–Kier alpha value is -2.84. The van der Waals surface area contributed by atoms with E-state index in [9.17, 15) is 19.2 Å². The van der Waals surface area contributed by atoms with Crippen LogP contribution < -0.4 is 0 Å². The minimum Gasteiger partial charge on any atom is -0.466 e. The van der Waals surface area contributed by atoms with Crippen LogP contribution in [0.5, 0.6) is 0 Å². The van der Waals surface area contributed by atoms with Gasteiger partial charge in [-0.3, -0.25) is 4.79 Å². The zero-order valence-electron chi connectivity index (χ0n) is 21.6. The Morgan fingerprint density at radius 2 is 1.38 bits per heavy atom. The molecule has 2 amide bonds. The normalized spacial score (nSPS) is 22.7. The van der Waals surface area contributed by atoms with E-state index in [0.29, 0.717) is 6.42 Å². The van der Waals surface area contributed by atoms with Crippen LogP contribution in [0, 0.1) is 17.8 Å². The van der Waals surface area contributed by atoms with E-state index in [2.05, 4.69) is 6.58 Å². The molecule has 0 N–H and O–H groups in total. The summed E-state index contributed by atoms with van der Waals surface area (Å²) in [6, 6.07) is -1.03. The molecule has 0 aliphatic heterocycles. The van der Waals surface area contributed by atoms with Crippen molar-refractivity contribution in [3.05, 3.63) is 24.8 Å². The Labute approximate surface area is 202 Å². The number of amides is 2. The van der Waals surface area contributed by atoms with Crippen molar-refractivity contribution >= 4 is 24.1 Å². The maximum absolute atomic E-state index is 13.3. The van der Waals surface area contributed by atoms with E-state index >= 15 is 0 Å². The summed E-state index contributed by atoms with van der Waals surface area (Å²) in [5, 5.41) is 0. The summed E-state index contributed by atoms with van der Waals surface area (Å²) < 4.78 is 21.3. The molecule has 0 radical (unpaired) electrons. The van der Waals surface area contributed by atoms with E-state index in [1.165, 1.54) is 6.08 Å². The highest BCUT2D eigenvalue weighted by molar-refractivity contribution is 5.90. The number of carbonyl (C=O) groups excluding carboxylic acids is 4. The second kappa shape index (κ2) is 12.0. The van der Waals surface area contributed by atoms with Gasteiger partial charge in [-0.1, -0.05) is 12.2 Å². The minimum atomic E-state index is -1.03. The molecule has 0 spiro atoms. The largest absolute Gasteiger partial charge is 0.466 e. The number of ether oxygens (including phenoxy) is 4. The van der Waals surface area contributed by atoms with Crippen molar-refractivity contribution < 1.29 is 38.1 Å². The summed E-state index contributed by atoms with van der Waals surface area (Å²) in [5.74, 6) is -3.08. The minimum absolute atomic E-state index is 0.119. The summed E-state index contributed by atoms with van der Waals surface area (Å²) in [4.78, 5) is 52.4. The predicted octanol–water partition coefficient (Wildman–Crippen LogP) is 4.65. The van der Waals surface area contributed by atoms with Crippen LogP contribution in [-0.4, -0.2) is 59.5 Å². The fourth-order valence-corrected chi connectivity index (χ4v) is 3.79. The molecular formula is C25H39NO8. The molecule has 1 rings (SSSR count). The van der Waals surface area contributed by atoms with Crippen molar-refractivity contribution in [3.8, 4) is 0 Å². The number of imide groups is 1. The topological polar surface area (TPSA) is 108 Å². The monoisotopic (exact) mass is 481 g/mol. The van der Waals surface area contributed by atoms with Crippen LogP contribution >= 0.6 is 0 Å². The summed E-state index contributed by atoms with van der Waals surface area (Å²) in [6.45, 7) is 17.5. The number of allylic oxidation sites excluding steroid dienone is 1. The van der Waals surface area contributed by atoms with Crippen LogP contribution in [0.3, 0.4) is 0 Å². The molecule has 34 heavy (non-hydrogen) atoms. The van der Waals surface area contributed by atoms with Gasteiger partial charge in [-0.2, -0.15) is 0 Å². The molecule has 0 heterocycles. The molecular weight excluding hydrogens is 442 g/mol. The molecule has 0 aromatic carbocycles. The van der Waals surface area contributed by atoms with Gasteiger partial charge in [-0.25, -0.2) is 19.3 Å². The van der Waals surface area contributed by atoms with Crippen LogP contribution in [0.2, 0.25) is 0 Å². The second-order valence-corrected chi connectivity index (χ2v) is 10.0. The number of rotatable bonds is 7. The number of hydrogen-bond acceptors (Lipinski definition) is 8. The maximum Gasteiger partial charge on any atom is 0.420 e. The molecule has 0 aromatic heterocycles. The second-order valence-electron chi connectivity index (χ2n) is 10.0. The lowest BCUT2D eigenvalue weighted by Gasteiger charge is -2.35. The third-order valence-corrected chi connectivity index (χ3v) is 4.92. The van der Waals surface area contributed by atoms with Gasteiger partial charge >= 0.3 is 24.1 Å². The number of carbonyl (C=O) groups is 4. The first-order valence-corrected chi connectivity index (χ1v) is 11.5. The number of esters is 2. The average Bonchev–Trinajstić information content (AvgIpc) is 3.02. The Balaban J connectivity index is 3.62. The molecule has 0 saturated heterocycles. The van der Waals surface area contributed by atoms with Crippen LogP contribution in [0.1, 0.15) is 61.8 Å². The molecule has 9 nitrogen and oxygen atoms in total. The molecule has 192 valence electrons. The molecule has 1 aliphatic carbocycles. The van der Waals surface area contributed by atoms with E-state index in [1.54, 1.807) is 67.5 Å². The molecule has 1 fully saturated rings. The summed E-state index contributed by atoms with van der Waals surface area (Å²) >= 11 is 0. The summed E-state index contributed by atoms with van der Waals surface area (Å²) in [5.41, 5.74) is -1.83. The molecule has 0 unspecified atom stereocenters. The van der Waals surface area contributed by atoms with E-state index < -0.39 is 59.1 Å². The third kappa shape index (κ3) is 8.50. The van der Waals surface area contributed by atoms with Gasteiger partial charge in [-0.05, 0) is 67.7 Å². The first kappa shape index (κ1) is 29.2. The third-order valence-electron chi connectivity index (χ3n) is 4.92. The van der Waals surface area contributed by atoms with Crippen molar-refractivity contribution in [2.45, 2.75) is 79.1 Å². The fourth-order valence-electron chi connectivity index (χ4n) is 3.79. The molecule has 0 bridgehead atoms. The lowest BCUT2D eigenvalue weighted by atomic mass is 9.92. The summed E-state index contributed by atoms with van der Waals surface area (Å²) in [7, 11) is 0. The molecule has 0 aromatic rings. The molecule has 1 saturated carbocycles. The van der Waals surface area contributed by atoms with Crippen molar-refractivity contribution in [2.24, 2.45) is 17.8 Å². The Kier molecular flexibility index (Phi) is 10.3. The van der Waals surface area contributed by atoms with Crippen LogP contribution in [-0.2, 0) is 28.5 Å². The first-order chi connectivity index (χ1) is 15.6. The van der Waals surface area contributed by atoms with Crippen LogP contribution in [0.25, 0.3) is 0 Å². The smallest absolute Gasteiger partial charge is 0.420 e. The Morgan fingerprint density at radius 3 is 1.79 bits per heavy atom. The van der Waals surface area contributed by atoms with Crippen molar-refractivity contribution in [2.75, 3.05) is 13.2 Å². The quantitative estimate of drug-likeness (QED) is 0.224. The predicted molar refractivity (Wildman–Crippen MR) is 126 cm³/mol. The summed E-state index contributed by atoms with van der Waals surface area (Å²) in [6.07, 6.45) is 2.79. The highest BCUT2D eigenvalue weighted by Gasteiger charge is 2.53. The fraction of sp³-hybridized carbons (Fsp3) is 0.680. The zero-order valence-corrected chi connectivity index (χ0v) is 21.6. The van der Waals surface area contributed by atoms with Gasteiger partial charge in [0, 0.05) is 12.0 Å². The highest BCUT2D eigenvalue weighted by Crippen LogP contribution is 2.43. The van der Waals surface area contributed by atoms with E-state index in [-0.39, 0.29) is 13.2 Å². The SMILES string of the molecule is C=C[C@H]1C[C@@H](/C=C/C(=O)OCC)[C@H](N(C(=O)OC(C)(C)C)C(=O)OC(C)(C)C)[C@H]1C(=O)OCC. The van der Waals surface area contributed by atoms with Gasteiger partial charge in [0.05, 0.1) is 25.2 Å². The van der Waals surface area contributed by atoms with E-state index in [1.807, 2.05) is 0 Å². The number of hydrogen-bond donors (Lipinski definition) is 0. The van der Waals surface area contributed by atoms with Gasteiger partial charge in [0.15, 0.2) is 0 Å². The lowest BCUT2D eigenvalue weighted by Crippen LogP contribution is -2.54. The van der Waals surface area contributed by atoms with Gasteiger partial charge in [0.2, 0.25) is 0 Å². The van der Waals surface area contributed by atoms with Crippen LogP contribution in [0.15, 0.2) is 24.8 Å². The standard InChI is InChI=1S/C25H39NO8/c1-10-16-15-17(13-14-18(27)31-11-2)20(19(16)21(28)32-12-3)26(22(29)33-24(4,5)6)23(30)34-25(7,8)9/h10,13-14,16-17,19-20H,1,11-12,15H2,2-9H3/b14-13+/t16-,17+,19-,20-/m0/s1. The molecule has 9 heteroatoms. The Bertz CT molecular complexity index is 762. The highest BCUT2D eigenvalue weighted by atomic mass is 16.6. The average molecular weight is 482 g/mol. The van der Waals surface area contributed by atoms with Crippen LogP contribution in [0.4, 0.5) is 9.59 Å². The molecule has 1 aliphatic rings. The van der Waals surface area contributed by atoms with Crippen molar-refractivity contribution in [1.82, 2.24) is 4.90 Å². The Morgan fingerprint density at radius 1 is 0.882 bits per heavy atom. The lowest BCUT2D eigenvalue weighted by molar-refractivity contribution is -0.150. The van der Waals surface area contributed by atoms with Gasteiger partial charge in [0.25, 0.3) is 0 Å². The van der Waals surface area contributed by atoms with Crippen molar-refractivity contribution in [3.63, 3.8) is 0 Å². The van der Waals surface area contributed by atoms with Gasteiger partial charge < -0.3 is 18.9 Å². The van der Waals surface area contributed by atoms with Gasteiger partial charge in [0.1, 0.15) is 11.2 Å². The van der Waals surface area contributed by atoms with E-state index in [0.717, 1.165) is 4.90 Å².